The number of imide groups is 1. The van der Waals surface area contributed by atoms with E-state index >= 15 is 0 Å². The van der Waals surface area contributed by atoms with Gasteiger partial charge >= 0.3 is 5.97 Å². The SMILES string of the molecule is CCOc1cc(/C=C2/SC(=O)N(Cc3ccc(C)cc3)C2=O)ccc1OCC(=O)O. The smallest absolute Gasteiger partial charge is 0.341 e. The predicted molar refractivity (Wildman–Crippen MR) is 113 cm³/mol. The highest BCUT2D eigenvalue weighted by molar-refractivity contribution is 8.18. The molecular weight excluding hydrogens is 406 g/mol. The van der Waals surface area contributed by atoms with Gasteiger partial charge in [-0.25, -0.2) is 4.79 Å². The van der Waals surface area contributed by atoms with Gasteiger partial charge in [0.05, 0.1) is 18.1 Å². The second-order valence-corrected chi connectivity index (χ2v) is 7.57. The van der Waals surface area contributed by atoms with Crippen LogP contribution in [0.2, 0.25) is 0 Å². The third kappa shape index (κ3) is 5.21. The van der Waals surface area contributed by atoms with Gasteiger partial charge < -0.3 is 14.6 Å². The summed E-state index contributed by atoms with van der Waals surface area (Å²) in [6, 6.07) is 12.6. The molecule has 2 aromatic carbocycles. The number of carbonyl (C=O) groups is 3. The lowest BCUT2D eigenvalue weighted by molar-refractivity contribution is -0.139. The van der Waals surface area contributed by atoms with E-state index in [2.05, 4.69) is 0 Å². The number of nitrogens with zero attached hydrogens (tertiary/aromatic N) is 1. The largest absolute Gasteiger partial charge is 0.490 e. The minimum atomic E-state index is -1.09. The van der Waals surface area contributed by atoms with E-state index < -0.39 is 12.6 Å². The van der Waals surface area contributed by atoms with E-state index in [4.69, 9.17) is 14.6 Å². The highest BCUT2D eigenvalue weighted by atomic mass is 32.2. The first-order chi connectivity index (χ1) is 14.4. The Morgan fingerprint density at radius 2 is 1.83 bits per heavy atom. The maximum absolute atomic E-state index is 12.7. The molecule has 0 spiro atoms. The lowest BCUT2D eigenvalue weighted by Gasteiger charge is -2.13. The predicted octanol–water partition coefficient (Wildman–Crippen LogP) is 4.09. The van der Waals surface area contributed by atoms with Crippen LogP contribution in [0.1, 0.15) is 23.6 Å². The fraction of sp³-hybridized carbons (Fsp3) is 0.227. The van der Waals surface area contributed by atoms with E-state index in [0.29, 0.717) is 28.6 Å². The van der Waals surface area contributed by atoms with Gasteiger partial charge in [0.1, 0.15) is 0 Å². The van der Waals surface area contributed by atoms with Crippen molar-refractivity contribution in [3.63, 3.8) is 0 Å². The summed E-state index contributed by atoms with van der Waals surface area (Å²) in [5, 5.41) is 8.46. The van der Waals surface area contributed by atoms with Crippen LogP contribution in [0.5, 0.6) is 11.5 Å². The van der Waals surface area contributed by atoms with Crippen LogP contribution < -0.4 is 9.47 Å². The number of carboxylic acid groups (broad SMARTS) is 1. The van der Waals surface area contributed by atoms with E-state index in [-0.39, 0.29) is 17.7 Å². The standard InChI is InChI=1S/C22H21NO6S/c1-3-28-18-10-16(8-9-17(18)29-13-20(24)25)11-19-21(26)23(22(27)30-19)12-15-6-4-14(2)5-7-15/h4-11H,3,12-13H2,1-2H3,(H,24,25)/b19-11+. The van der Waals surface area contributed by atoms with Crippen molar-refractivity contribution in [2.24, 2.45) is 0 Å². The van der Waals surface area contributed by atoms with Crippen molar-refractivity contribution in [1.82, 2.24) is 4.90 Å². The fourth-order valence-electron chi connectivity index (χ4n) is 2.81. The maximum Gasteiger partial charge on any atom is 0.341 e. The number of hydrogen-bond donors (Lipinski definition) is 1. The molecule has 2 aromatic rings. The third-order valence-electron chi connectivity index (χ3n) is 4.25. The van der Waals surface area contributed by atoms with Gasteiger partial charge in [-0.15, -0.1) is 0 Å². The second kappa shape index (κ2) is 9.49. The first-order valence-corrected chi connectivity index (χ1v) is 10.1. The Balaban J connectivity index is 1.79. The van der Waals surface area contributed by atoms with Crippen molar-refractivity contribution in [1.29, 1.82) is 0 Å². The Bertz CT molecular complexity index is 999. The number of thioether (sulfide) groups is 1. The third-order valence-corrected chi connectivity index (χ3v) is 5.16. The molecule has 0 aromatic heterocycles. The van der Waals surface area contributed by atoms with Crippen LogP contribution in [0.4, 0.5) is 4.79 Å². The van der Waals surface area contributed by atoms with Gasteiger partial charge in [0.15, 0.2) is 18.1 Å². The van der Waals surface area contributed by atoms with Crippen LogP contribution in [0.25, 0.3) is 6.08 Å². The van der Waals surface area contributed by atoms with Crippen molar-refractivity contribution in [3.05, 3.63) is 64.1 Å². The van der Waals surface area contributed by atoms with Crippen molar-refractivity contribution < 1.29 is 29.0 Å². The Morgan fingerprint density at radius 3 is 2.50 bits per heavy atom. The first kappa shape index (κ1) is 21.4. The number of carboxylic acids is 1. The molecule has 0 atom stereocenters. The summed E-state index contributed by atoms with van der Waals surface area (Å²) < 4.78 is 10.7. The summed E-state index contributed by atoms with van der Waals surface area (Å²) in [7, 11) is 0. The summed E-state index contributed by atoms with van der Waals surface area (Å²) >= 11 is 0.885. The molecule has 0 aliphatic carbocycles. The minimum Gasteiger partial charge on any atom is -0.490 e. The zero-order valence-electron chi connectivity index (χ0n) is 16.6. The molecule has 2 amide bonds. The molecular formula is C22H21NO6S. The Labute approximate surface area is 178 Å². The average molecular weight is 427 g/mol. The maximum atomic E-state index is 12.7. The molecule has 0 unspecified atom stereocenters. The zero-order chi connectivity index (χ0) is 21.7. The monoisotopic (exact) mass is 427 g/mol. The van der Waals surface area contributed by atoms with Crippen LogP contribution in [0, 0.1) is 6.92 Å². The molecule has 1 fully saturated rings. The molecule has 1 saturated heterocycles. The van der Waals surface area contributed by atoms with Crippen LogP contribution >= 0.6 is 11.8 Å². The summed E-state index contributed by atoms with van der Waals surface area (Å²) in [5.41, 5.74) is 2.62. The van der Waals surface area contributed by atoms with E-state index in [1.807, 2.05) is 31.2 Å². The van der Waals surface area contributed by atoms with Crippen LogP contribution in [-0.4, -0.2) is 40.3 Å². The van der Waals surface area contributed by atoms with E-state index in [0.717, 1.165) is 22.9 Å². The number of aryl methyl sites for hydroxylation is 1. The molecule has 0 radical (unpaired) electrons. The molecule has 0 bridgehead atoms. The van der Waals surface area contributed by atoms with Crippen LogP contribution in [0.15, 0.2) is 47.4 Å². The van der Waals surface area contributed by atoms with E-state index in [9.17, 15) is 14.4 Å². The molecule has 1 heterocycles. The average Bonchev–Trinajstić information content (AvgIpc) is 2.96. The molecule has 8 heteroatoms. The number of hydrogen-bond acceptors (Lipinski definition) is 6. The normalized spacial score (nSPS) is 15.0. The van der Waals surface area contributed by atoms with Crippen LogP contribution in [-0.2, 0) is 16.1 Å². The second-order valence-electron chi connectivity index (χ2n) is 6.58. The molecule has 1 aliphatic rings. The molecule has 30 heavy (non-hydrogen) atoms. The molecule has 156 valence electrons. The highest BCUT2D eigenvalue weighted by Gasteiger charge is 2.35. The Hall–Kier alpha value is -3.26. The van der Waals surface area contributed by atoms with Crippen molar-refractivity contribution in [3.8, 4) is 11.5 Å². The molecule has 3 rings (SSSR count). The minimum absolute atomic E-state index is 0.217. The number of aliphatic carboxylic acids is 1. The number of carbonyl (C=O) groups excluding carboxylic acids is 2. The van der Waals surface area contributed by atoms with Gasteiger partial charge in [0, 0.05) is 0 Å². The summed E-state index contributed by atoms with van der Waals surface area (Å²) in [5.74, 6) is -0.784. The van der Waals surface area contributed by atoms with E-state index in [1.54, 1.807) is 31.2 Å². The van der Waals surface area contributed by atoms with Gasteiger partial charge in [-0.3, -0.25) is 14.5 Å². The lowest BCUT2D eigenvalue weighted by atomic mass is 10.1. The molecule has 0 saturated carbocycles. The zero-order valence-corrected chi connectivity index (χ0v) is 17.4. The van der Waals surface area contributed by atoms with E-state index in [1.165, 1.54) is 4.90 Å². The number of rotatable bonds is 8. The van der Waals surface area contributed by atoms with Gasteiger partial charge in [-0.2, -0.15) is 0 Å². The summed E-state index contributed by atoms with van der Waals surface area (Å²) in [6.07, 6.45) is 1.61. The number of benzene rings is 2. The highest BCUT2D eigenvalue weighted by Crippen LogP contribution is 2.35. The van der Waals surface area contributed by atoms with Gasteiger partial charge in [-0.1, -0.05) is 35.9 Å². The Kier molecular flexibility index (Phi) is 6.79. The van der Waals surface area contributed by atoms with Gasteiger partial charge in [-0.05, 0) is 54.9 Å². The van der Waals surface area contributed by atoms with Crippen molar-refractivity contribution >= 4 is 35.0 Å². The molecule has 1 aliphatic heterocycles. The van der Waals surface area contributed by atoms with Gasteiger partial charge in [0.2, 0.25) is 0 Å². The van der Waals surface area contributed by atoms with Crippen molar-refractivity contribution in [2.75, 3.05) is 13.2 Å². The van der Waals surface area contributed by atoms with Gasteiger partial charge in [0.25, 0.3) is 11.1 Å². The number of amides is 2. The van der Waals surface area contributed by atoms with Crippen LogP contribution in [0.3, 0.4) is 0 Å². The molecule has 1 N–H and O–H groups in total. The Morgan fingerprint density at radius 1 is 1.10 bits per heavy atom. The van der Waals surface area contributed by atoms with Crippen molar-refractivity contribution in [2.45, 2.75) is 20.4 Å². The topological polar surface area (TPSA) is 93.1 Å². The number of ether oxygens (including phenoxy) is 2. The molecule has 7 nitrogen and oxygen atoms in total. The fourth-order valence-corrected chi connectivity index (χ4v) is 3.64. The quantitative estimate of drug-likeness (QED) is 0.634. The first-order valence-electron chi connectivity index (χ1n) is 9.29. The lowest BCUT2D eigenvalue weighted by Crippen LogP contribution is -2.27. The summed E-state index contributed by atoms with van der Waals surface area (Å²) in [6.45, 7) is 3.86. The summed E-state index contributed by atoms with van der Waals surface area (Å²) in [4.78, 5) is 37.4.